The molecule has 0 amide bonds. The lowest BCUT2D eigenvalue weighted by atomic mass is 9.89. The van der Waals surface area contributed by atoms with E-state index in [2.05, 4.69) is 4.74 Å². The second kappa shape index (κ2) is 8.87. The van der Waals surface area contributed by atoms with Crippen LogP contribution < -0.4 is 9.47 Å². The number of methoxy groups -OCH3 is 1. The Hall–Kier alpha value is -3.06. The van der Waals surface area contributed by atoms with Crippen molar-refractivity contribution in [3.63, 3.8) is 0 Å². The highest BCUT2D eigenvalue weighted by molar-refractivity contribution is 5.79. The number of carbonyl (C=O) groups is 2. The van der Waals surface area contributed by atoms with Crippen molar-refractivity contribution in [1.29, 1.82) is 0 Å². The molecule has 0 spiro atoms. The Labute approximate surface area is 150 Å². The van der Waals surface area contributed by atoms with Gasteiger partial charge in [-0.25, -0.2) is 4.79 Å². The summed E-state index contributed by atoms with van der Waals surface area (Å²) in [7, 11) is 1.35. The number of benzene rings is 2. The van der Waals surface area contributed by atoms with Crippen LogP contribution >= 0.6 is 0 Å². The molecule has 2 unspecified atom stereocenters. The van der Waals surface area contributed by atoms with Gasteiger partial charge in [0, 0.05) is 0 Å². The quantitative estimate of drug-likeness (QED) is 0.577. The summed E-state index contributed by atoms with van der Waals surface area (Å²) >= 11 is 0. The van der Waals surface area contributed by atoms with Gasteiger partial charge in [0.2, 0.25) is 0 Å². The maximum atomic E-state index is 12.4. The molecule has 2 aromatic carbocycles. The zero-order valence-corrected chi connectivity index (χ0v) is 14.4. The lowest BCUT2D eigenvalue weighted by molar-refractivity contribution is -0.148. The van der Waals surface area contributed by atoms with Crippen molar-refractivity contribution in [3.8, 4) is 11.5 Å². The van der Waals surface area contributed by atoms with E-state index in [-0.39, 0.29) is 18.1 Å². The van der Waals surface area contributed by atoms with Gasteiger partial charge in [-0.1, -0.05) is 36.4 Å². The maximum Gasteiger partial charge on any atom is 0.511 e. The molecular weight excluding hydrogens is 340 g/mol. The molecule has 0 fully saturated rings. The summed E-state index contributed by atoms with van der Waals surface area (Å²) in [4.78, 5) is 23.1. The molecule has 0 saturated carbocycles. The average Bonchev–Trinajstić information content (AvgIpc) is 2.63. The van der Waals surface area contributed by atoms with Crippen LogP contribution in [0.1, 0.15) is 30.1 Å². The molecular formula is C19H20O7. The molecule has 0 heterocycles. The van der Waals surface area contributed by atoms with Gasteiger partial charge >= 0.3 is 12.1 Å². The molecule has 0 aliphatic heterocycles. The van der Waals surface area contributed by atoms with Crippen LogP contribution in [0.2, 0.25) is 0 Å². The van der Waals surface area contributed by atoms with Gasteiger partial charge in [-0.15, -0.1) is 0 Å². The Bertz CT molecular complexity index is 758. The highest BCUT2D eigenvalue weighted by atomic mass is 16.7. The van der Waals surface area contributed by atoms with E-state index in [1.54, 1.807) is 37.3 Å². The van der Waals surface area contributed by atoms with Crippen molar-refractivity contribution < 1.29 is 34.0 Å². The molecule has 2 atom stereocenters. The minimum atomic E-state index is -1.48. The predicted octanol–water partition coefficient (Wildman–Crippen LogP) is 3.13. The smallest absolute Gasteiger partial charge is 0.493 e. The Kier molecular flexibility index (Phi) is 6.57. The highest BCUT2D eigenvalue weighted by Crippen LogP contribution is 2.36. The molecule has 0 aliphatic rings. The van der Waals surface area contributed by atoms with Gasteiger partial charge in [0.25, 0.3) is 0 Å². The molecule has 0 saturated heterocycles. The first-order valence-electron chi connectivity index (χ1n) is 7.96. The fraction of sp³-hybridized carbons (Fsp3) is 0.263. The van der Waals surface area contributed by atoms with E-state index in [0.29, 0.717) is 11.1 Å². The second-order valence-electron chi connectivity index (χ2n) is 5.36. The van der Waals surface area contributed by atoms with Crippen LogP contribution in [0, 0.1) is 0 Å². The predicted molar refractivity (Wildman–Crippen MR) is 92.4 cm³/mol. The summed E-state index contributed by atoms with van der Waals surface area (Å²) in [6, 6.07) is 13.0. The lowest BCUT2D eigenvalue weighted by Crippen LogP contribution is -2.23. The lowest BCUT2D eigenvalue weighted by Gasteiger charge is -2.23. The van der Waals surface area contributed by atoms with Crippen molar-refractivity contribution in [2.24, 2.45) is 0 Å². The number of aliphatic hydroxyl groups is 1. The van der Waals surface area contributed by atoms with Gasteiger partial charge in [0.1, 0.15) is 5.92 Å². The van der Waals surface area contributed by atoms with Crippen LogP contribution in [0.5, 0.6) is 11.5 Å². The van der Waals surface area contributed by atoms with E-state index < -0.39 is 24.1 Å². The van der Waals surface area contributed by atoms with Gasteiger partial charge in [-0.05, 0) is 30.2 Å². The van der Waals surface area contributed by atoms with Crippen LogP contribution in [0.25, 0.3) is 0 Å². The maximum absolute atomic E-state index is 12.4. The van der Waals surface area contributed by atoms with Crippen LogP contribution in [0.3, 0.4) is 0 Å². The fourth-order valence-electron chi connectivity index (χ4n) is 2.58. The SMILES string of the molecule is CCOC(=O)C(c1ccccc1)C(O)c1ccc(OC(=O)O)c(OC)c1. The number of esters is 1. The van der Waals surface area contributed by atoms with Gasteiger partial charge in [0.15, 0.2) is 11.5 Å². The van der Waals surface area contributed by atoms with Crippen molar-refractivity contribution in [3.05, 3.63) is 59.7 Å². The van der Waals surface area contributed by atoms with Crippen LogP contribution in [0.15, 0.2) is 48.5 Å². The molecule has 0 aromatic heterocycles. The Morgan fingerprint density at radius 3 is 2.31 bits per heavy atom. The standard InChI is InChI=1S/C19H20O7/c1-3-25-18(21)16(12-7-5-4-6-8-12)17(20)13-9-10-14(26-19(22)23)15(11-13)24-2/h4-11,16-17,20H,3H2,1-2H3,(H,22,23). The zero-order chi connectivity index (χ0) is 19.1. The summed E-state index contributed by atoms with van der Waals surface area (Å²) in [5, 5.41) is 19.6. The van der Waals surface area contributed by atoms with Gasteiger partial charge in [0.05, 0.1) is 19.8 Å². The van der Waals surface area contributed by atoms with Crippen molar-refractivity contribution in [2.75, 3.05) is 13.7 Å². The first-order chi connectivity index (χ1) is 12.5. The number of carboxylic acid groups (broad SMARTS) is 1. The third kappa shape index (κ3) is 4.52. The zero-order valence-electron chi connectivity index (χ0n) is 14.4. The Morgan fingerprint density at radius 1 is 1.04 bits per heavy atom. The van der Waals surface area contributed by atoms with E-state index >= 15 is 0 Å². The van der Waals surface area contributed by atoms with Crippen LogP contribution in [-0.4, -0.2) is 36.1 Å². The normalized spacial score (nSPS) is 12.7. The number of rotatable bonds is 7. The van der Waals surface area contributed by atoms with Crippen molar-refractivity contribution >= 4 is 12.1 Å². The van der Waals surface area contributed by atoms with Gasteiger partial charge < -0.3 is 24.4 Å². The van der Waals surface area contributed by atoms with Crippen LogP contribution in [-0.2, 0) is 9.53 Å². The highest BCUT2D eigenvalue weighted by Gasteiger charge is 2.31. The molecule has 0 bridgehead atoms. The first-order valence-corrected chi connectivity index (χ1v) is 7.96. The Balaban J connectivity index is 2.40. The number of hydrogen-bond donors (Lipinski definition) is 2. The Morgan fingerprint density at radius 2 is 1.73 bits per heavy atom. The summed E-state index contributed by atoms with van der Waals surface area (Å²) in [6.07, 6.45) is -2.70. The molecule has 7 heteroatoms. The number of aliphatic hydroxyl groups excluding tert-OH is 1. The van der Waals surface area contributed by atoms with E-state index in [9.17, 15) is 14.7 Å². The minimum absolute atomic E-state index is 0.0108. The summed E-state index contributed by atoms with van der Waals surface area (Å²) in [6.45, 7) is 1.87. The monoisotopic (exact) mass is 360 g/mol. The molecule has 138 valence electrons. The third-order valence-corrected chi connectivity index (χ3v) is 3.74. The number of carbonyl (C=O) groups excluding carboxylic acids is 1. The van der Waals surface area contributed by atoms with Crippen LogP contribution in [0.4, 0.5) is 4.79 Å². The fourth-order valence-corrected chi connectivity index (χ4v) is 2.58. The molecule has 2 aromatic rings. The second-order valence-corrected chi connectivity index (χ2v) is 5.36. The van der Waals surface area contributed by atoms with E-state index in [1.165, 1.54) is 25.3 Å². The molecule has 2 N–H and O–H groups in total. The first kappa shape index (κ1) is 19.3. The molecule has 0 aliphatic carbocycles. The number of ether oxygens (including phenoxy) is 3. The summed E-state index contributed by atoms with van der Waals surface area (Å²) < 4.78 is 14.8. The van der Waals surface area contributed by atoms with Gasteiger partial charge in [-0.2, -0.15) is 0 Å². The van der Waals surface area contributed by atoms with Gasteiger partial charge in [-0.3, -0.25) is 4.79 Å². The third-order valence-electron chi connectivity index (χ3n) is 3.74. The molecule has 0 radical (unpaired) electrons. The average molecular weight is 360 g/mol. The van der Waals surface area contributed by atoms with E-state index in [1.807, 2.05) is 0 Å². The van der Waals surface area contributed by atoms with Crippen molar-refractivity contribution in [1.82, 2.24) is 0 Å². The summed E-state index contributed by atoms with van der Waals surface area (Å²) in [5.41, 5.74) is 0.963. The van der Waals surface area contributed by atoms with Crippen molar-refractivity contribution in [2.45, 2.75) is 18.9 Å². The van der Waals surface area contributed by atoms with E-state index in [0.717, 1.165) is 0 Å². The minimum Gasteiger partial charge on any atom is -0.493 e. The largest absolute Gasteiger partial charge is 0.511 e. The number of hydrogen-bond acceptors (Lipinski definition) is 6. The topological polar surface area (TPSA) is 102 Å². The molecule has 7 nitrogen and oxygen atoms in total. The molecule has 2 rings (SSSR count). The molecule has 26 heavy (non-hydrogen) atoms. The summed E-state index contributed by atoms with van der Waals surface area (Å²) in [5.74, 6) is -1.38. The van der Waals surface area contributed by atoms with E-state index in [4.69, 9.17) is 14.6 Å².